The van der Waals surface area contributed by atoms with Gasteiger partial charge < -0.3 is 25.4 Å². The van der Waals surface area contributed by atoms with Gasteiger partial charge in [0.15, 0.2) is 0 Å². The zero-order valence-corrected chi connectivity index (χ0v) is 28.4. The molecule has 0 spiro atoms. The largest absolute Gasteiger partial charge is 0.446 e. The molecule has 0 radical (unpaired) electrons. The zero-order chi connectivity index (χ0) is 32.7. The Morgan fingerprint density at radius 3 is 1.78 bits per heavy atom. The number of benzene rings is 4. The fourth-order valence-corrected chi connectivity index (χ4v) is 6.62. The summed E-state index contributed by atoms with van der Waals surface area (Å²) in [6, 6.07) is 32.6. The molecule has 1 aliphatic rings. The Morgan fingerprint density at radius 2 is 1.26 bits per heavy atom. The van der Waals surface area contributed by atoms with E-state index in [0.717, 1.165) is 24.0 Å². The van der Waals surface area contributed by atoms with Gasteiger partial charge in [0.1, 0.15) is 11.5 Å². The van der Waals surface area contributed by atoms with Crippen LogP contribution in [0.1, 0.15) is 46.1 Å². The predicted octanol–water partition coefficient (Wildman–Crippen LogP) is 8.07. The summed E-state index contributed by atoms with van der Waals surface area (Å²) in [6.45, 7) is 9.54. The number of halogens is 2. The van der Waals surface area contributed by atoms with Crippen molar-refractivity contribution in [1.82, 2.24) is 16.0 Å². The second-order valence-electron chi connectivity index (χ2n) is 13.4. The van der Waals surface area contributed by atoms with E-state index in [4.69, 9.17) is 32.7 Å². The molecular weight excluding hydrogens is 617 g/mol. The number of hydrogen-bond acceptors (Lipinski definition) is 5. The highest BCUT2D eigenvalue weighted by Crippen LogP contribution is 2.29. The molecule has 1 atom stereocenters. The van der Waals surface area contributed by atoms with Gasteiger partial charge in [-0.2, -0.15) is 0 Å². The van der Waals surface area contributed by atoms with Crippen molar-refractivity contribution in [3.63, 3.8) is 0 Å². The highest BCUT2D eigenvalue weighted by atomic mass is 35.5. The van der Waals surface area contributed by atoms with Gasteiger partial charge in [0.25, 0.3) is 0 Å². The van der Waals surface area contributed by atoms with E-state index in [1.54, 1.807) is 48.5 Å². The van der Waals surface area contributed by atoms with Crippen molar-refractivity contribution in [1.29, 1.82) is 0 Å². The molecule has 1 saturated heterocycles. The maximum atomic E-state index is 13.9. The highest BCUT2D eigenvalue weighted by molar-refractivity contribution is 6.30. The third-order valence-electron chi connectivity index (χ3n) is 8.06. The van der Waals surface area contributed by atoms with Crippen LogP contribution in [0.25, 0.3) is 11.1 Å². The smallest absolute Gasteiger partial charge is 0.321 e. The Balaban J connectivity index is 1.35. The van der Waals surface area contributed by atoms with E-state index in [0.29, 0.717) is 34.5 Å². The zero-order valence-electron chi connectivity index (χ0n) is 26.9. The van der Waals surface area contributed by atoms with Crippen LogP contribution >= 0.6 is 23.2 Å². The summed E-state index contributed by atoms with van der Waals surface area (Å²) >= 11 is 12.2. The number of rotatable bonds is 12. The van der Waals surface area contributed by atoms with Gasteiger partial charge in [-0.25, -0.2) is 0 Å². The van der Waals surface area contributed by atoms with E-state index in [9.17, 15) is 4.79 Å². The Labute approximate surface area is 282 Å². The molecule has 0 aromatic heterocycles. The Bertz CT molecular complexity index is 1500. The molecule has 0 saturated carbocycles. The highest BCUT2D eigenvalue weighted by Gasteiger charge is 2.37. The first-order valence-electron chi connectivity index (χ1n) is 15.7. The summed E-state index contributed by atoms with van der Waals surface area (Å²) in [4.78, 5) is 13.9. The molecule has 0 bridgehead atoms. The number of carbonyl (C=O) groups is 1. The van der Waals surface area contributed by atoms with Gasteiger partial charge in [-0.05, 0) is 112 Å². The quantitative estimate of drug-likeness (QED) is 0.134. The van der Waals surface area contributed by atoms with Crippen LogP contribution in [-0.2, 0) is 11.2 Å². The number of carbonyl (C=O) groups excluding carboxylic acids is 1. The second kappa shape index (κ2) is 14.9. The molecule has 0 unspecified atom stereocenters. The Kier molecular flexibility index (Phi) is 11.0. The van der Waals surface area contributed by atoms with Crippen LogP contribution in [0, 0.1) is 0 Å². The van der Waals surface area contributed by atoms with Gasteiger partial charge >= 0.3 is 12.2 Å². The molecule has 3 N–H and O–H groups in total. The van der Waals surface area contributed by atoms with Crippen LogP contribution in [0.2, 0.25) is 10.0 Å². The molecule has 6 nitrogen and oxygen atoms in total. The third-order valence-corrected chi connectivity index (χ3v) is 8.56. The van der Waals surface area contributed by atoms with Crippen LogP contribution < -0.4 is 25.4 Å². The fourth-order valence-electron chi connectivity index (χ4n) is 6.37. The summed E-state index contributed by atoms with van der Waals surface area (Å²) < 4.78 is 12.2. The lowest BCUT2D eigenvalue weighted by Crippen LogP contribution is -2.62. The summed E-state index contributed by atoms with van der Waals surface area (Å²) in [5, 5.41) is 11.9. The average Bonchev–Trinajstić information content (AvgIpc) is 3.01. The number of ether oxygens (including phenoxy) is 2. The van der Waals surface area contributed by atoms with Crippen molar-refractivity contribution in [2.75, 3.05) is 6.54 Å². The molecule has 242 valence electrons. The van der Waals surface area contributed by atoms with Gasteiger partial charge in [0, 0.05) is 39.8 Å². The maximum Gasteiger partial charge on any atom is 0.321 e. The van der Waals surface area contributed by atoms with Crippen LogP contribution in [-0.4, -0.2) is 41.9 Å². The van der Waals surface area contributed by atoms with E-state index >= 15 is 0 Å². The number of hydrogen-bond donors (Lipinski definition) is 3. The summed E-state index contributed by atoms with van der Waals surface area (Å²) in [7, 11) is 0. The van der Waals surface area contributed by atoms with E-state index in [1.807, 2.05) is 18.2 Å². The minimum Gasteiger partial charge on any atom is -0.446 e. The minimum atomic E-state index is -1.25. The minimum absolute atomic E-state index is 0.00460. The molecule has 1 heterocycles. The Hall–Kier alpha value is -3.55. The first kappa shape index (κ1) is 33.8. The predicted molar refractivity (Wildman–Crippen MR) is 188 cm³/mol. The standard InChI is InChI=1S/C38H43Cl2N3O3/c1-37(2)23-32(24-38(3,4)43-37)41-25-31(22-26-10-12-28(13-11-26)27-8-6-5-7-9-27)42-35(44)36(45-33-18-14-29(39)15-19-33)46-34-20-16-30(40)17-21-34/h5-21,31-32,36,41,43H,22-25H2,1-4H3,(H,42,44)/t31-/m0/s1. The molecule has 1 aliphatic heterocycles. The summed E-state index contributed by atoms with van der Waals surface area (Å²) in [5.41, 5.74) is 3.42. The first-order valence-corrected chi connectivity index (χ1v) is 16.5. The molecule has 1 fully saturated rings. The van der Waals surface area contributed by atoms with Gasteiger partial charge in [-0.15, -0.1) is 0 Å². The molecule has 8 heteroatoms. The molecule has 4 aromatic rings. The van der Waals surface area contributed by atoms with Crippen LogP contribution in [0.15, 0.2) is 103 Å². The van der Waals surface area contributed by atoms with E-state index in [-0.39, 0.29) is 29.1 Å². The molecule has 1 amide bonds. The lowest BCUT2D eigenvalue weighted by Gasteiger charge is -2.47. The average molecular weight is 661 g/mol. The van der Waals surface area contributed by atoms with Crippen LogP contribution in [0.5, 0.6) is 11.5 Å². The van der Waals surface area contributed by atoms with Crippen molar-refractivity contribution in [3.05, 3.63) is 119 Å². The molecular formula is C38H43Cl2N3O3. The summed E-state index contributed by atoms with van der Waals surface area (Å²) in [6.07, 6.45) is 1.33. The van der Waals surface area contributed by atoms with E-state index in [2.05, 4.69) is 80.0 Å². The Morgan fingerprint density at radius 1 is 0.761 bits per heavy atom. The van der Waals surface area contributed by atoms with Crippen LogP contribution in [0.3, 0.4) is 0 Å². The van der Waals surface area contributed by atoms with Crippen LogP contribution in [0.4, 0.5) is 0 Å². The fraction of sp³-hybridized carbons (Fsp3) is 0.342. The van der Waals surface area contributed by atoms with Gasteiger partial charge in [0.2, 0.25) is 0 Å². The van der Waals surface area contributed by atoms with Crippen molar-refractivity contribution in [3.8, 4) is 22.6 Å². The van der Waals surface area contributed by atoms with Crippen molar-refractivity contribution in [2.45, 2.75) is 76.4 Å². The number of nitrogens with one attached hydrogen (secondary N) is 3. The van der Waals surface area contributed by atoms with Gasteiger partial charge in [0.05, 0.1) is 0 Å². The number of piperidine rings is 1. The van der Waals surface area contributed by atoms with Crippen molar-refractivity contribution in [2.24, 2.45) is 0 Å². The van der Waals surface area contributed by atoms with Crippen molar-refractivity contribution < 1.29 is 14.3 Å². The normalized spacial score (nSPS) is 16.5. The van der Waals surface area contributed by atoms with E-state index in [1.165, 1.54) is 5.56 Å². The topological polar surface area (TPSA) is 71.6 Å². The SMILES string of the molecule is CC1(C)CC(NC[C@H](Cc2ccc(-c3ccccc3)cc2)NC(=O)C(Oc2ccc(Cl)cc2)Oc2ccc(Cl)cc2)CC(C)(C)N1. The number of amides is 1. The van der Waals surface area contributed by atoms with Gasteiger partial charge in [-0.1, -0.05) is 77.8 Å². The molecule has 46 heavy (non-hydrogen) atoms. The third kappa shape index (κ3) is 9.97. The maximum absolute atomic E-state index is 13.9. The molecule has 4 aromatic carbocycles. The molecule has 5 rings (SSSR count). The second-order valence-corrected chi connectivity index (χ2v) is 14.2. The monoisotopic (exact) mass is 659 g/mol. The lowest BCUT2D eigenvalue weighted by atomic mass is 9.79. The van der Waals surface area contributed by atoms with Crippen molar-refractivity contribution >= 4 is 29.1 Å². The van der Waals surface area contributed by atoms with Gasteiger partial charge in [-0.3, -0.25) is 4.79 Å². The lowest BCUT2D eigenvalue weighted by molar-refractivity contribution is -0.141. The summed E-state index contributed by atoms with van der Waals surface area (Å²) in [5.74, 6) is 0.538. The van der Waals surface area contributed by atoms with E-state index < -0.39 is 6.29 Å². The first-order chi connectivity index (χ1) is 21.9. The molecule has 0 aliphatic carbocycles.